The average molecular weight is 715 g/mol. The molecular weight excluding hydrogens is 641 g/mol. The molecule has 0 aromatic rings. The molecule has 0 bridgehead atoms. The molecule has 1 N–H and O–H groups in total. The summed E-state index contributed by atoms with van der Waals surface area (Å²) in [6.07, 6.45) is 33.6. The predicted octanol–water partition coefficient (Wildman–Crippen LogP) is 10.2. The molecule has 0 fully saturated rings. The van der Waals surface area contributed by atoms with Gasteiger partial charge in [0.05, 0.1) is 27.7 Å². The highest BCUT2D eigenvalue weighted by atomic mass is 31.2. The third-order valence-corrected chi connectivity index (χ3v) is 8.91. The lowest BCUT2D eigenvalue weighted by Gasteiger charge is -2.24. The molecule has 0 radical (unpaired) electrons. The van der Waals surface area contributed by atoms with Crippen LogP contribution in [-0.4, -0.2) is 74.9 Å². The van der Waals surface area contributed by atoms with Crippen molar-refractivity contribution < 1.29 is 42.1 Å². The largest absolute Gasteiger partial charge is 0.472 e. The molecule has 0 saturated heterocycles. The van der Waals surface area contributed by atoms with Gasteiger partial charge < -0.3 is 18.9 Å². The van der Waals surface area contributed by atoms with Crippen LogP contribution in [0.4, 0.5) is 0 Å². The Morgan fingerprint density at radius 3 is 1.69 bits per heavy atom. The van der Waals surface area contributed by atoms with E-state index in [-0.39, 0.29) is 32.0 Å². The van der Waals surface area contributed by atoms with Crippen LogP contribution in [0.15, 0.2) is 36.5 Å². The highest BCUT2D eigenvalue weighted by Crippen LogP contribution is 2.43. The van der Waals surface area contributed by atoms with Crippen LogP contribution < -0.4 is 0 Å². The molecule has 0 saturated carbocycles. The monoisotopic (exact) mass is 715 g/mol. The number of carbonyl (C=O) groups excluding carboxylic acids is 2. The maximum Gasteiger partial charge on any atom is 0.472 e. The number of phosphoric acid groups is 1. The second kappa shape index (κ2) is 32.2. The van der Waals surface area contributed by atoms with Crippen LogP contribution in [0, 0.1) is 0 Å². The van der Waals surface area contributed by atoms with Gasteiger partial charge in [-0.3, -0.25) is 18.6 Å². The van der Waals surface area contributed by atoms with Crippen LogP contribution in [0.5, 0.6) is 0 Å². The number of ether oxygens (including phenoxy) is 2. The molecule has 0 aliphatic heterocycles. The zero-order valence-electron chi connectivity index (χ0n) is 31.9. The van der Waals surface area contributed by atoms with Crippen LogP contribution in [0.2, 0.25) is 0 Å². The second-order valence-corrected chi connectivity index (χ2v) is 15.4. The Balaban J connectivity index is 4.50. The third kappa shape index (κ3) is 35.8. The summed E-state index contributed by atoms with van der Waals surface area (Å²) in [7, 11) is 1.44. The van der Waals surface area contributed by atoms with Gasteiger partial charge in [0.15, 0.2) is 6.10 Å². The number of carbonyl (C=O) groups is 2. The molecule has 9 nitrogen and oxygen atoms in total. The first kappa shape index (κ1) is 47.2. The van der Waals surface area contributed by atoms with Crippen molar-refractivity contribution in [1.29, 1.82) is 0 Å². The van der Waals surface area contributed by atoms with Crippen molar-refractivity contribution in [3.8, 4) is 0 Å². The first-order chi connectivity index (χ1) is 23.5. The Labute approximate surface area is 300 Å². The van der Waals surface area contributed by atoms with E-state index in [1.54, 1.807) is 0 Å². The Hall–Kier alpha value is -1.77. The van der Waals surface area contributed by atoms with Crippen molar-refractivity contribution in [2.24, 2.45) is 0 Å². The molecule has 0 aromatic carbocycles. The standard InChI is InChI=1S/C39H72NO8P/c1-6-8-10-12-14-16-17-18-19-20-21-22-23-24-26-28-30-32-39(42)48-37(36-47-49(43,44)46-34-33-40(3,4)5)35-45-38(41)31-29-27-25-15-13-11-9-7-2/h18-19,21-22,24,26,37H,6-17,20,23,25,27-36H2,1-5H3/p+1/b19-18+,22-21+,26-24+/t37-/m1/s1. The number of rotatable bonds is 34. The van der Waals surface area contributed by atoms with Gasteiger partial charge in [-0.05, 0) is 44.9 Å². The lowest BCUT2D eigenvalue weighted by Crippen LogP contribution is -2.37. The molecule has 2 atom stereocenters. The van der Waals surface area contributed by atoms with E-state index in [4.69, 9.17) is 18.5 Å². The minimum atomic E-state index is -4.38. The molecular formula is C39H73NO8P+. The molecule has 10 heteroatoms. The van der Waals surface area contributed by atoms with Crippen molar-refractivity contribution in [3.05, 3.63) is 36.5 Å². The number of phosphoric ester groups is 1. The molecule has 0 aliphatic rings. The lowest BCUT2D eigenvalue weighted by molar-refractivity contribution is -0.870. The smallest absolute Gasteiger partial charge is 0.462 e. The van der Waals surface area contributed by atoms with Crippen molar-refractivity contribution in [3.63, 3.8) is 0 Å². The third-order valence-electron chi connectivity index (χ3n) is 7.92. The summed E-state index contributed by atoms with van der Waals surface area (Å²) >= 11 is 0. The minimum Gasteiger partial charge on any atom is -0.462 e. The number of nitrogens with zero attached hydrogens (tertiary/aromatic N) is 1. The van der Waals surface area contributed by atoms with E-state index in [0.717, 1.165) is 44.9 Å². The molecule has 0 aromatic heterocycles. The maximum absolute atomic E-state index is 12.6. The topological polar surface area (TPSA) is 108 Å². The van der Waals surface area contributed by atoms with E-state index in [2.05, 4.69) is 50.3 Å². The zero-order chi connectivity index (χ0) is 36.5. The fourth-order valence-electron chi connectivity index (χ4n) is 4.85. The van der Waals surface area contributed by atoms with Crippen molar-refractivity contribution >= 4 is 19.8 Å². The number of hydrogen-bond acceptors (Lipinski definition) is 7. The first-order valence-corrected chi connectivity index (χ1v) is 20.7. The van der Waals surface area contributed by atoms with E-state index in [1.165, 1.54) is 70.6 Å². The van der Waals surface area contributed by atoms with Gasteiger partial charge in [-0.2, -0.15) is 0 Å². The summed E-state index contributed by atoms with van der Waals surface area (Å²) in [5.74, 6) is -0.866. The fourth-order valence-corrected chi connectivity index (χ4v) is 5.59. The predicted molar refractivity (Wildman–Crippen MR) is 201 cm³/mol. The summed E-state index contributed by atoms with van der Waals surface area (Å²) in [5.41, 5.74) is 0. The Kier molecular flexibility index (Phi) is 31.0. The summed E-state index contributed by atoms with van der Waals surface area (Å²) in [6.45, 7) is 4.30. The van der Waals surface area contributed by atoms with Crippen LogP contribution in [0.1, 0.15) is 149 Å². The molecule has 49 heavy (non-hydrogen) atoms. The first-order valence-electron chi connectivity index (χ1n) is 19.2. The van der Waals surface area contributed by atoms with Gasteiger partial charge >= 0.3 is 19.8 Å². The number of likely N-dealkylation sites (N-methyl/N-ethyl adjacent to an activating group) is 1. The molecule has 286 valence electrons. The van der Waals surface area contributed by atoms with E-state index in [1.807, 2.05) is 21.1 Å². The molecule has 0 rings (SSSR count). The van der Waals surface area contributed by atoms with Crippen molar-refractivity contribution in [2.45, 2.75) is 155 Å². The van der Waals surface area contributed by atoms with E-state index in [9.17, 15) is 19.0 Å². The number of quaternary nitrogens is 1. The molecule has 0 heterocycles. The van der Waals surface area contributed by atoms with Crippen molar-refractivity contribution in [2.75, 3.05) is 47.5 Å². The average Bonchev–Trinajstić information content (AvgIpc) is 3.04. The van der Waals surface area contributed by atoms with Gasteiger partial charge in [-0.1, -0.05) is 127 Å². The van der Waals surface area contributed by atoms with Gasteiger partial charge in [0.2, 0.25) is 0 Å². The SMILES string of the molecule is CCCCCCCC/C=C/C/C=C/C/C=C/CCCC(=O)O[C@H](COC(=O)CCCCCCCCCC)COP(=O)(O)OCC[N+](C)(C)C. The van der Waals surface area contributed by atoms with Crippen LogP contribution in [0.25, 0.3) is 0 Å². The molecule has 0 amide bonds. The zero-order valence-corrected chi connectivity index (χ0v) is 32.8. The minimum absolute atomic E-state index is 0.0228. The summed E-state index contributed by atoms with van der Waals surface area (Å²) in [5, 5.41) is 0. The van der Waals surface area contributed by atoms with E-state index < -0.39 is 26.5 Å². The molecule has 1 unspecified atom stereocenters. The van der Waals surface area contributed by atoms with Gasteiger partial charge in [0.25, 0.3) is 0 Å². The van der Waals surface area contributed by atoms with Crippen molar-refractivity contribution in [1.82, 2.24) is 0 Å². The molecule has 0 aliphatic carbocycles. The summed E-state index contributed by atoms with van der Waals surface area (Å²) in [6, 6.07) is 0. The Bertz CT molecular complexity index is 944. The van der Waals surface area contributed by atoms with Gasteiger partial charge in [0, 0.05) is 12.8 Å². The quantitative estimate of drug-likeness (QED) is 0.0231. The Morgan fingerprint density at radius 2 is 1.12 bits per heavy atom. The second-order valence-electron chi connectivity index (χ2n) is 14.0. The van der Waals surface area contributed by atoms with E-state index >= 15 is 0 Å². The van der Waals surface area contributed by atoms with Gasteiger partial charge in [-0.25, -0.2) is 4.57 Å². The van der Waals surface area contributed by atoms with Crippen LogP contribution in [0.3, 0.4) is 0 Å². The lowest BCUT2D eigenvalue weighted by atomic mass is 10.1. The molecule has 0 spiro atoms. The van der Waals surface area contributed by atoms with Gasteiger partial charge in [0.1, 0.15) is 19.8 Å². The number of allylic oxidation sites excluding steroid dienone is 6. The van der Waals surface area contributed by atoms with E-state index in [0.29, 0.717) is 17.4 Å². The fraction of sp³-hybridized carbons (Fsp3) is 0.795. The Morgan fingerprint density at radius 1 is 0.633 bits per heavy atom. The number of esters is 2. The highest BCUT2D eigenvalue weighted by Gasteiger charge is 2.27. The summed E-state index contributed by atoms with van der Waals surface area (Å²) < 4.78 is 34.0. The maximum atomic E-state index is 12.6. The summed E-state index contributed by atoms with van der Waals surface area (Å²) in [4.78, 5) is 35.0. The van der Waals surface area contributed by atoms with Crippen LogP contribution in [-0.2, 0) is 32.7 Å². The normalized spacial score (nSPS) is 14.2. The number of unbranched alkanes of at least 4 members (excludes halogenated alkanes) is 14. The highest BCUT2D eigenvalue weighted by molar-refractivity contribution is 7.47. The number of hydrogen-bond donors (Lipinski definition) is 1. The van der Waals surface area contributed by atoms with Crippen LogP contribution >= 0.6 is 7.82 Å². The van der Waals surface area contributed by atoms with Gasteiger partial charge in [-0.15, -0.1) is 0 Å².